The lowest BCUT2D eigenvalue weighted by atomic mass is 10.2. The van der Waals surface area contributed by atoms with Crippen LogP contribution in [-0.2, 0) is 6.54 Å². The molecule has 3 aromatic heterocycles. The summed E-state index contributed by atoms with van der Waals surface area (Å²) in [6, 6.07) is 3.83. The molecule has 5 nitrogen and oxygen atoms in total. The van der Waals surface area contributed by atoms with Gasteiger partial charge in [0.1, 0.15) is 12.4 Å². The second-order valence-corrected chi connectivity index (χ2v) is 5.84. The van der Waals surface area contributed by atoms with Crippen molar-refractivity contribution in [2.45, 2.75) is 6.54 Å². The fourth-order valence-electron chi connectivity index (χ4n) is 2.57. The average molecular weight is 299 g/mol. The molecule has 0 fully saturated rings. The van der Waals surface area contributed by atoms with E-state index in [9.17, 15) is 4.79 Å². The van der Waals surface area contributed by atoms with Crippen LogP contribution in [0.25, 0.3) is 10.2 Å². The van der Waals surface area contributed by atoms with Gasteiger partial charge in [0, 0.05) is 24.2 Å². The minimum absolute atomic E-state index is 0.0315. The number of amides is 1. The number of aromatic amines is 1. The van der Waals surface area contributed by atoms with Gasteiger partial charge in [-0.05, 0) is 17.5 Å². The molecule has 6 heteroatoms. The maximum absolute atomic E-state index is 12.8. The number of nitrogens with one attached hydrogen (secondary N) is 1. The molecule has 1 aliphatic heterocycles. The van der Waals surface area contributed by atoms with E-state index in [0.29, 0.717) is 19.7 Å². The number of fused-ring (bicyclic) bond motifs is 2. The van der Waals surface area contributed by atoms with Crippen molar-refractivity contribution >= 4 is 27.5 Å². The van der Waals surface area contributed by atoms with E-state index < -0.39 is 0 Å². The topological polar surface area (TPSA) is 58.2 Å². The first-order valence-corrected chi connectivity index (χ1v) is 7.60. The third kappa shape index (κ3) is 2.08. The first-order chi connectivity index (χ1) is 10.3. The molecule has 0 aliphatic carbocycles. The number of rotatable bonds is 1. The van der Waals surface area contributed by atoms with E-state index in [4.69, 9.17) is 4.74 Å². The summed E-state index contributed by atoms with van der Waals surface area (Å²) < 4.78 is 6.69. The Morgan fingerprint density at radius 1 is 1.43 bits per heavy atom. The highest BCUT2D eigenvalue weighted by atomic mass is 32.1. The number of ether oxygens (including phenoxy) is 1. The van der Waals surface area contributed by atoms with Gasteiger partial charge in [-0.3, -0.25) is 9.78 Å². The van der Waals surface area contributed by atoms with Gasteiger partial charge in [0.25, 0.3) is 5.91 Å². The Balaban J connectivity index is 1.67. The number of aromatic nitrogens is 2. The van der Waals surface area contributed by atoms with Crippen LogP contribution in [0.4, 0.5) is 0 Å². The minimum Gasteiger partial charge on any atom is -0.491 e. The van der Waals surface area contributed by atoms with E-state index in [1.807, 2.05) is 22.4 Å². The maximum Gasteiger partial charge on any atom is 0.257 e. The average Bonchev–Trinajstić information content (AvgIpc) is 3.03. The van der Waals surface area contributed by atoms with E-state index >= 15 is 0 Å². The molecular weight excluding hydrogens is 286 g/mol. The van der Waals surface area contributed by atoms with Gasteiger partial charge in [-0.15, -0.1) is 11.3 Å². The van der Waals surface area contributed by atoms with Gasteiger partial charge >= 0.3 is 0 Å². The molecule has 4 rings (SSSR count). The molecule has 0 atom stereocenters. The van der Waals surface area contributed by atoms with Crippen molar-refractivity contribution in [2.75, 3.05) is 13.2 Å². The number of pyridine rings is 1. The zero-order chi connectivity index (χ0) is 14.2. The number of hydrogen-bond acceptors (Lipinski definition) is 4. The highest BCUT2D eigenvalue weighted by Crippen LogP contribution is 2.27. The summed E-state index contributed by atoms with van der Waals surface area (Å²) in [6.45, 7) is 1.60. The van der Waals surface area contributed by atoms with Gasteiger partial charge in [0.15, 0.2) is 0 Å². The molecule has 0 saturated heterocycles. The number of hydrogen-bond donors (Lipinski definition) is 1. The largest absolute Gasteiger partial charge is 0.491 e. The number of carbonyl (C=O) groups is 1. The molecule has 0 radical (unpaired) electrons. The normalized spacial score (nSPS) is 14.6. The fraction of sp³-hybridized carbons (Fsp3) is 0.200. The van der Waals surface area contributed by atoms with Crippen LogP contribution in [0.1, 0.15) is 15.9 Å². The van der Waals surface area contributed by atoms with Crippen molar-refractivity contribution in [2.24, 2.45) is 0 Å². The maximum atomic E-state index is 12.8. The van der Waals surface area contributed by atoms with Crippen molar-refractivity contribution in [1.82, 2.24) is 14.9 Å². The van der Waals surface area contributed by atoms with Crippen LogP contribution in [0.15, 0.2) is 36.1 Å². The second-order valence-electron chi connectivity index (χ2n) is 4.92. The molecule has 0 saturated carbocycles. The number of carbonyl (C=O) groups excluding carboxylic acids is 1. The molecule has 0 unspecified atom stereocenters. The molecule has 3 aromatic rings. The molecule has 0 aromatic carbocycles. The Hall–Kier alpha value is -2.34. The van der Waals surface area contributed by atoms with Gasteiger partial charge in [0.2, 0.25) is 0 Å². The summed E-state index contributed by atoms with van der Waals surface area (Å²) in [5.41, 5.74) is 2.69. The number of nitrogens with zero attached hydrogens (tertiary/aromatic N) is 2. The second kappa shape index (κ2) is 4.89. The third-order valence-electron chi connectivity index (χ3n) is 3.64. The molecule has 1 aliphatic rings. The lowest BCUT2D eigenvalue weighted by Crippen LogP contribution is -2.32. The Morgan fingerprint density at radius 2 is 2.38 bits per heavy atom. The standard InChI is InChI=1S/C15H13N3O2S/c19-15(11-8-17-12-2-6-21-14(11)12)18-4-5-20-13-1-3-16-7-10(13)9-18/h1-3,6-8,17H,4-5,9H2. The van der Waals surface area contributed by atoms with Crippen molar-refractivity contribution in [3.05, 3.63) is 47.2 Å². The molecule has 21 heavy (non-hydrogen) atoms. The SMILES string of the molecule is O=C(c1c[nH]c2ccsc12)N1CCOc2ccncc2C1. The predicted molar refractivity (Wildman–Crippen MR) is 80.6 cm³/mol. The lowest BCUT2D eigenvalue weighted by Gasteiger charge is -2.19. The van der Waals surface area contributed by atoms with E-state index in [2.05, 4.69) is 9.97 Å². The quantitative estimate of drug-likeness (QED) is 0.751. The first-order valence-electron chi connectivity index (χ1n) is 6.72. The molecule has 1 N–H and O–H groups in total. The van der Waals surface area contributed by atoms with Crippen LogP contribution >= 0.6 is 11.3 Å². The molecule has 0 spiro atoms. The summed E-state index contributed by atoms with van der Waals surface area (Å²) in [6.07, 6.45) is 5.26. The summed E-state index contributed by atoms with van der Waals surface area (Å²) in [5.74, 6) is 0.847. The lowest BCUT2D eigenvalue weighted by molar-refractivity contribution is 0.0735. The molecule has 106 valence electrons. The van der Waals surface area contributed by atoms with Gasteiger partial charge in [-0.1, -0.05) is 0 Å². The minimum atomic E-state index is 0.0315. The Labute approximate surface area is 125 Å². The Bertz CT molecular complexity index is 808. The van der Waals surface area contributed by atoms with Crippen molar-refractivity contribution < 1.29 is 9.53 Å². The van der Waals surface area contributed by atoms with Crippen molar-refractivity contribution in [1.29, 1.82) is 0 Å². The van der Waals surface area contributed by atoms with Crippen molar-refractivity contribution in [3.63, 3.8) is 0 Å². The van der Waals surface area contributed by atoms with Crippen molar-refractivity contribution in [3.8, 4) is 5.75 Å². The third-order valence-corrected chi connectivity index (χ3v) is 4.59. The van der Waals surface area contributed by atoms with Gasteiger partial charge < -0.3 is 14.6 Å². The van der Waals surface area contributed by atoms with Gasteiger partial charge in [-0.25, -0.2) is 0 Å². The molecular formula is C15H13N3O2S. The summed E-state index contributed by atoms with van der Waals surface area (Å²) in [5, 5.41) is 1.99. The predicted octanol–water partition coefficient (Wildman–Crippen LogP) is 2.66. The van der Waals surface area contributed by atoms with Crippen LogP contribution in [-0.4, -0.2) is 33.9 Å². The Kier molecular flexibility index (Phi) is 2.89. The molecule has 0 bridgehead atoms. The number of H-pyrrole nitrogens is 1. The van der Waals surface area contributed by atoms with E-state index in [1.165, 1.54) is 0 Å². The highest BCUT2D eigenvalue weighted by molar-refractivity contribution is 7.17. The van der Waals surface area contributed by atoms with E-state index in [0.717, 1.165) is 27.1 Å². The van der Waals surface area contributed by atoms with Crippen LogP contribution in [0.2, 0.25) is 0 Å². The Morgan fingerprint density at radius 3 is 3.33 bits per heavy atom. The van der Waals surface area contributed by atoms with Crippen LogP contribution in [0.5, 0.6) is 5.75 Å². The van der Waals surface area contributed by atoms with Gasteiger partial charge in [-0.2, -0.15) is 0 Å². The zero-order valence-corrected chi connectivity index (χ0v) is 12.0. The summed E-state index contributed by atoms with van der Waals surface area (Å²) in [7, 11) is 0. The first kappa shape index (κ1) is 12.4. The van der Waals surface area contributed by atoms with Gasteiger partial charge in [0.05, 0.1) is 28.9 Å². The smallest absolute Gasteiger partial charge is 0.257 e. The zero-order valence-electron chi connectivity index (χ0n) is 11.2. The fourth-order valence-corrected chi connectivity index (χ4v) is 3.44. The van der Waals surface area contributed by atoms with E-state index in [-0.39, 0.29) is 5.91 Å². The molecule has 1 amide bonds. The van der Waals surface area contributed by atoms with Crippen LogP contribution in [0.3, 0.4) is 0 Å². The van der Waals surface area contributed by atoms with Crippen LogP contribution in [0, 0.1) is 0 Å². The highest BCUT2D eigenvalue weighted by Gasteiger charge is 2.23. The number of thiophene rings is 1. The summed E-state index contributed by atoms with van der Waals surface area (Å²) >= 11 is 1.58. The van der Waals surface area contributed by atoms with E-state index in [1.54, 1.807) is 29.9 Å². The monoisotopic (exact) mass is 299 g/mol. The summed E-state index contributed by atoms with van der Waals surface area (Å²) in [4.78, 5) is 21.8. The van der Waals surface area contributed by atoms with Crippen LogP contribution < -0.4 is 4.74 Å². The molecule has 4 heterocycles.